The monoisotopic (exact) mass is 307 g/mol. The Labute approximate surface area is 128 Å². The van der Waals surface area contributed by atoms with Crippen LogP contribution >= 0.6 is 0 Å². The molecule has 0 amide bonds. The Morgan fingerprint density at radius 3 is 2.64 bits per heavy atom. The zero-order chi connectivity index (χ0) is 15.4. The van der Waals surface area contributed by atoms with Gasteiger partial charge in [-0.05, 0) is 31.4 Å². The Balaban J connectivity index is 1.49. The lowest BCUT2D eigenvalue weighted by atomic mass is 9.88. The van der Waals surface area contributed by atoms with Gasteiger partial charge >= 0.3 is 5.97 Å². The summed E-state index contributed by atoms with van der Waals surface area (Å²) in [6.45, 7) is 1.26. The van der Waals surface area contributed by atoms with Gasteiger partial charge in [-0.2, -0.15) is 0 Å². The summed E-state index contributed by atoms with van der Waals surface area (Å²) in [7, 11) is 0. The van der Waals surface area contributed by atoms with Gasteiger partial charge in [-0.15, -0.1) is 0 Å². The quantitative estimate of drug-likeness (QED) is 0.804. The van der Waals surface area contributed by atoms with E-state index >= 15 is 0 Å². The van der Waals surface area contributed by atoms with Crippen LogP contribution < -0.4 is 0 Å². The van der Waals surface area contributed by atoms with Gasteiger partial charge in [-0.25, -0.2) is 8.78 Å². The SMILES string of the molecule is O=C(OCc1ccccc1)[C@@]12CCCN1C[C@]1(CC1(F)F)C2. The van der Waals surface area contributed by atoms with Crippen LogP contribution in [0, 0.1) is 5.41 Å². The summed E-state index contributed by atoms with van der Waals surface area (Å²) in [4.78, 5) is 14.6. The lowest BCUT2D eigenvalue weighted by molar-refractivity contribution is -0.156. The zero-order valence-corrected chi connectivity index (χ0v) is 12.4. The number of carbonyl (C=O) groups excluding carboxylic acids is 1. The molecule has 1 aromatic rings. The lowest BCUT2D eigenvalue weighted by Gasteiger charge is -2.29. The summed E-state index contributed by atoms with van der Waals surface area (Å²) in [6, 6.07) is 9.46. The molecule has 0 N–H and O–H groups in total. The fourth-order valence-corrected chi connectivity index (χ4v) is 4.25. The lowest BCUT2D eigenvalue weighted by Crippen LogP contribution is -2.46. The van der Waals surface area contributed by atoms with E-state index in [-0.39, 0.29) is 25.4 Å². The standard InChI is InChI=1S/C17H19F2NO2/c18-17(19)11-15(17)10-16(7-4-8-20(16)12-15)14(21)22-9-13-5-2-1-3-6-13/h1-3,5-6H,4,7-12H2/t15-,16+/m1/s1. The molecule has 1 spiro atoms. The normalized spacial score (nSPS) is 35.5. The van der Waals surface area contributed by atoms with Crippen LogP contribution in [0.25, 0.3) is 0 Å². The number of hydrogen-bond acceptors (Lipinski definition) is 3. The number of rotatable bonds is 3. The molecule has 118 valence electrons. The second kappa shape index (κ2) is 4.51. The predicted octanol–water partition coefficient (Wildman–Crippen LogP) is 2.99. The number of nitrogens with zero attached hydrogens (tertiary/aromatic N) is 1. The molecule has 0 radical (unpaired) electrons. The zero-order valence-electron chi connectivity index (χ0n) is 12.4. The second-order valence-corrected chi connectivity index (χ2v) is 6.96. The van der Waals surface area contributed by atoms with Crippen LogP contribution in [0.2, 0.25) is 0 Å². The number of esters is 1. The van der Waals surface area contributed by atoms with Crippen molar-refractivity contribution in [1.29, 1.82) is 0 Å². The topological polar surface area (TPSA) is 29.5 Å². The van der Waals surface area contributed by atoms with Gasteiger partial charge in [0.05, 0.1) is 5.41 Å². The molecule has 3 fully saturated rings. The molecule has 2 saturated heterocycles. The first-order valence-electron chi connectivity index (χ1n) is 7.82. The maximum absolute atomic E-state index is 13.7. The molecule has 0 bridgehead atoms. The molecule has 2 aliphatic heterocycles. The highest BCUT2D eigenvalue weighted by Gasteiger charge is 2.78. The van der Waals surface area contributed by atoms with E-state index in [0.29, 0.717) is 13.0 Å². The fourth-order valence-electron chi connectivity index (χ4n) is 4.25. The number of alkyl halides is 2. The highest BCUT2D eigenvalue weighted by molar-refractivity contribution is 5.82. The first-order valence-corrected chi connectivity index (χ1v) is 7.82. The summed E-state index contributed by atoms with van der Waals surface area (Å²) in [6.07, 6.45) is 1.69. The van der Waals surface area contributed by atoms with Crippen molar-refractivity contribution in [3.05, 3.63) is 35.9 Å². The van der Waals surface area contributed by atoms with Crippen LogP contribution in [0.4, 0.5) is 8.78 Å². The summed E-state index contributed by atoms with van der Waals surface area (Å²) in [5.41, 5.74) is -0.866. The smallest absolute Gasteiger partial charge is 0.326 e. The van der Waals surface area contributed by atoms with Crippen molar-refractivity contribution in [3.63, 3.8) is 0 Å². The maximum Gasteiger partial charge on any atom is 0.326 e. The average Bonchev–Trinajstić information content (AvgIpc) is 2.79. The number of ether oxygens (including phenoxy) is 1. The van der Waals surface area contributed by atoms with Crippen LogP contribution in [0.15, 0.2) is 30.3 Å². The molecule has 2 heterocycles. The van der Waals surface area contributed by atoms with Crippen LogP contribution in [-0.4, -0.2) is 35.4 Å². The van der Waals surface area contributed by atoms with E-state index in [0.717, 1.165) is 18.5 Å². The van der Waals surface area contributed by atoms with E-state index in [2.05, 4.69) is 0 Å². The summed E-state index contributed by atoms with van der Waals surface area (Å²) in [5.74, 6) is -2.93. The summed E-state index contributed by atoms with van der Waals surface area (Å²) < 4.78 is 32.9. The molecule has 1 aromatic carbocycles. The van der Waals surface area contributed by atoms with Gasteiger partial charge < -0.3 is 4.74 Å². The molecule has 4 rings (SSSR count). The molecule has 22 heavy (non-hydrogen) atoms. The largest absolute Gasteiger partial charge is 0.459 e. The van der Waals surface area contributed by atoms with Gasteiger partial charge in [0.25, 0.3) is 5.92 Å². The Morgan fingerprint density at radius 2 is 1.95 bits per heavy atom. The Kier molecular flexibility index (Phi) is 2.89. The Hall–Kier alpha value is -1.49. The van der Waals surface area contributed by atoms with Crippen molar-refractivity contribution in [2.75, 3.05) is 13.1 Å². The number of fused-ring (bicyclic) bond motifs is 1. The third kappa shape index (κ3) is 1.91. The van der Waals surface area contributed by atoms with Gasteiger partial charge in [-0.1, -0.05) is 30.3 Å². The number of benzene rings is 1. The minimum Gasteiger partial charge on any atom is -0.459 e. The van der Waals surface area contributed by atoms with Crippen LogP contribution in [-0.2, 0) is 16.1 Å². The van der Waals surface area contributed by atoms with Crippen LogP contribution in [0.3, 0.4) is 0 Å². The average molecular weight is 307 g/mol. The molecule has 3 aliphatic rings. The van der Waals surface area contributed by atoms with Crippen molar-refractivity contribution >= 4 is 5.97 Å². The van der Waals surface area contributed by atoms with E-state index < -0.39 is 16.9 Å². The van der Waals surface area contributed by atoms with E-state index in [9.17, 15) is 13.6 Å². The van der Waals surface area contributed by atoms with Crippen molar-refractivity contribution in [1.82, 2.24) is 4.90 Å². The number of hydrogen-bond donors (Lipinski definition) is 0. The summed E-state index contributed by atoms with van der Waals surface area (Å²) >= 11 is 0. The first kappa shape index (κ1) is 14.1. The highest BCUT2D eigenvalue weighted by Crippen LogP contribution is 2.69. The first-order chi connectivity index (χ1) is 10.5. The fraction of sp³-hybridized carbons (Fsp3) is 0.588. The van der Waals surface area contributed by atoms with Crippen molar-refractivity contribution in [2.24, 2.45) is 5.41 Å². The van der Waals surface area contributed by atoms with E-state index in [1.807, 2.05) is 35.2 Å². The minimum absolute atomic E-state index is 0.0792. The molecule has 0 aromatic heterocycles. The molecular weight excluding hydrogens is 288 g/mol. The van der Waals surface area contributed by atoms with Gasteiger partial charge in [0.2, 0.25) is 0 Å². The minimum atomic E-state index is -2.61. The van der Waals surface area contributed by atoms with Crippen molar-refractivity contribution < 1.29 is 18.3 Å². The van der Waals surface area contributed by atoms with Gasteiger partial charge in [0.1, 0.15) is 12.1 Å². The molecule has 0 unspecified atom stereocenters. The Morgan fingerprint density at radius 1 is 1.23 bits per heavy atom. The Bertz CT molecular complexity index is 606. The van der Waals surface area contributed by atoms with Gasteiger partial charge in [0.15, 0.2) is 0 Å². The number of halogens is 2. The molecule has 2 atom stereocenters. The predicted molar refractivity (Wildman–Crippen MR) is 76.4 cm³/mol. The number of carbonyl (C=O) groups is 1. The molecule has 1 aliphatic carbocycles. The summed E-state index contributed by atoms with van der Waals surface area (Å²) in [5, 5.41) is 0. The van der Waals surface area contributed by atoms with Crippen LogP contribution in [0.5, 0.6) is 0 Å². The molecular formula is C17H19F2NO2. The van der Waals surface area contributed by atoms with Crippen molar-refractivity contribution in [2.45, 2.75) is 43.8 Å². The molecule has 5 heteroatoms. The molecule has 3 nitrogen and oxygen atoms in total. The third-order valence-corrected chi connectivity index (χ3v) is 5.55. The third-order valence-electron chi connectivity index (χ3n) is 5.55. The van der Waals surface area contributed by atoms with Crippen molar-refractivity contribution in [3.8, 4) is 0 Å². The van der Waals surface area contributed by atoms with Gasteiger partial charge in [0, 0.05) is 13.0 Å². The van der Waals surface area contributed by atoms with Gasteiger partial charge in [-0.3, -0.25) is 9.69 Å². The van der Waals surface area contributed by atoms with E-state index in [1.165, 1.54) is 0 Å². The van der Waals surface area contributed by atoms with E-state index in [1.54, 1.807) is 0 Å². The highest BCUT2D eigenvalue weighted by atomic mass is 19.3. The maximum atomic E-state index is 13.7. The van der Waals surface area contributed by atoms with Crippen LogP contribution in [0.1, 0.15) is 31.2 Å². The van der Waals surface area contributed by atoms with E-state index in [4.69, 9.17) is 4.74 Å². The second-order valence-electron chi connectivity index (χ2n) is 6.96. The molecule has 1 saturated carbocycles.